The summed E-state index contributed by atoms with van der Waals surface area (Å²) in [5.74, 6) is 0.421. The Hall–Kier alpha value is -2.66. The number of nitro benzene ring substituents is 1. The molecule has 3 aromatic rings. The number of aryl methyl sites for hydroxylation is 1. The smallest absolute Gasteiger partial charge is 0.268 e. The minimum absolute atomic E-state index is 0.0387. The summed E-state index contributed by atoms with van der Waals surface area (Å²) in [7, 11) is 0. The van der Waals surface area contributed by atoms with Crippen molar-refractivity contribution in [1.29, 1.82) is 0 Å². The van der Waals surface area contributed by atoms with E-state index in [-0.39, 0.29) is 17.1 Å². The number of carbonyl (C=O) groups excluding carboxylic acids is 2. The van der Waals surface area contributed by atoms with Crippen LogP contribution in [0.15, 0.2) is 63.8 Å². The van der Waals surface area contributed by atoms with Crippen molar-refractivity contribution in [2.45, 2.75) is 17.3 Å². The average Bonchev–Trinajstić information content (AvgIpc) is 3.28. The lowest BCUT2D eigenvalue weighted by molar-refractivity contribution is -0.384. The number of halogens is 1. The maximum absolute atomic E-state index is 12.8. The van der Waals surface area contributed by atoms with Crippen LogP contribution in [-0.4, -0.2) is 31.7 Å². The summed E-state index contributed by atoms with van der Waals surface area (Å²) in [5, 5.41) is 10.7. The van der Waals surface area contributed by atoms with Crippen molar-refractivity contribution in [3.05, 3.63) is 90.8 Å². The number of nitrogens with zero attached hydrogens (tertiary/aromatic N) is 3. The molecule has 2 aromatic carbocycles. The zero-order valence-corrected chi connectivity index (χ0v) is 20.2. The van der Waals surface area contributed by atoms with E-state index in [1.165, 1.54) is 41.2 Å². The van der Waals surface area contributed by atoms with E-state index >= 15 is 0 Å². The lowest BCUT2D eigenvalue weighted by Crippen LogP contribution is -2.27. The Morgan fingerprint density at radius 3 is 2.52 bits per heavy atom. The molecule has 0 unspecified atom stereocenters. The van der Waals surface area contributed by atoms with Crippen LogP contribution >= 0.6 is 46.5 Å². The zero-order chi connectivity index (χ0) is 23.4. The van der Waals surface area contributed by atoms with Crippen molar-refractivity contribution in [1.82, 2.24) is 9.88 Å². The number of aromatic nitrogens is 1. The van der Waals surface area contributed by atoms with Crippen molar-refractivity contribution >= 4 is 69.4 Å². The predicted octanol–water partition coefficient (Wildman–Crippen LogP) is 6.28. The normalized spacial score (nSPS) is 14.9. The third-order valence-electron chi connectivity index (χ3n) is 4.67. The molecular weight excluding hydrogens is 502 g/mol. The second-order valence-corrected chi connectivity index (χ2v) is 10.6. The fourth-order valence-corrected chi connectivity index (χ4v) is 6.31. The molecule has 0 atom stereocenters. The van der Waals surface area contributed by atoms with E-state index in [2.05, 4.69) is 17.1 Å². The molecule has 0 radical (unpaired) electrons. The molecule has 1 aromatic heterocycles. The summed E-state index contributed by atoms with van der Waals surface area (Å²) in [6, 6.07) is 15.9. The second-order valence-electron chi connectivity index (χ2n) is 6.91. The number of thioether (sulfide) groups is 2. The van der Waals surface area contributed by atoms with Crippen LogP contribution in [-0.2, 0) is 17.8 Å². The number of hydrogen-bond donors (Lipinski definition) is 0. The van der Waals surface area contributed by atoms with Gasteiger partial charge in [0.1, 0.15) is 5.15 Å². The molecule has 1 aliphatic rings. The van der Waals surface area contributed by atoms with E-state index in [4.69, 9.17) is 11.6 Å². The van der Waals surface area contributed by atoms with Crippen molar-refractivity contribution < 1.29 is 14.5 Å². The molecule has 4 rings (SSSR count). The Labute approximate surface area is 207 Å². The van der Waals surface area contributed by atoms with E-state index < -0.39 is 16.1 Å². The summed E-state index contributed by atoms with van der Waals surface area (Å²) < 4.78 is 0.798. The van der Waals surface area contributed by atoms with Gasteiger partial charge in [-0.3, -0.25) is 24.6 Å². The molecule has 0 N–H and O–H groups in total. The third-order valence-corrected chi connectivity index (χ3v) is 8.13. The highest BCUT2D eigenvalue weighted by Crippen LogP contribution is 2.37. The maximum Gasteiger partial charge on any atom is 0.293 e. The lowest BCUT2D eigenvalue weighted by Gasteiger charge is -2.12. The summed E-state index contributed by atoms with van der Waals surface area (Å²) in [6.45, 7) is 0.0387. The highest BCUT2D eigenvalue weighted by molar-refractivity contribution is 8.18. The van der Waals surface area contributed by atoms with Gasteiger partial charge in [0.25, 0.3) is 16.8 Å². The molecule has 1 aliphatic heterocycles. The van der Waals surface area contributed by atoms with E-state index in [9.17, 15) is 19.7 Å². The van der Waals surface area contributed by atoms with E-state index in [1.807, 2.05) is 18.2 Å². The Morgan fingerprint density at radius 2 is 1.82 bits per heavy atom. The van der Waals surface area contributed by atoms with Gasteiger partial charge in [-0.25, -0.2) is 4.98 Å². The van der Waals surface area contributed by atoms with Crippen molar-refractivity contribution in [2.75, 3.05) is 5.75 Å². The first-order valence-corrected chi connectivity index (χ1v) is 12.7. The number of thiazole rings is 1. The van der Waals surface area contributed by atoms with Gasteiger partial charge < -0.3 is 0 Å². The average molecular weight is 518 g/mol. The molecule has 168 valence electrons. The standard InChI is InChI=1S/C22H16ClN3O4S3/c23-19-17(32-21(24-19)31-11-10-14-4-2-1-3-5-14)12-18-20(27)25(22(28)33-18)13-15-6-8-16(9-7-15)26(29)30/h1-9,12H,10-11,13H2/b18-12-. The molecule has 1 fully saturated rings. The number of non-ortho nitro benzene ring substituents is 1. The van der Waals surface area contributed by atoms with Crippen LogP contribution in [0.4, 0.5) is 10.5 Å². The molecular formula is C22H16ClN3O4S3. The molecule has 7 nitrogen and oxygen atoms in total. The van der Waals surface area contributed by atoms with E-state index in [1.54, 1.807) is 17.8 Å². The highest BCUT2D eigenvalue weighted by atomic mass is 35.5. The number of imide groups is 1. The molecule has 0 saturated carbocycles. The van der Waals surface area contributed by atoms with Gasteiger partial charge in [0.2, 0.25) is 0 Å². The maximum atomic E-state index is 12.8. The van der Waals surface area contributed by atoms with Crippen LogP contribution in [0.25, 0.3) is 6.08 Å². The third kappa shape index (κ3) is 5.83. The minimum atomic E-state index is -0.500. The topological polar surface area (TPSA) is 93.4 Å². The number of carbonyl (C=O) groups is 2. The van der Waals surface area contributed by atoms with Crippen molar-refractivity contribution in [3.8, 4) is 0 Å². The second kappa shape index (κ2) is 10.5. The van der Waals surface area contributed by atoms with Crippen LogP contribution in [0.1, 0.15) is 16.0 Å². The van der Waals surface area contributed by atoms with Crippen LogP contribution in [0.2, 0.25) is 5.15 Å². The van der Waals surface area contributed by atoms with Gasteiger partial charge in [0.15, 0.2) is 4.34 Å². The van der Waals surface area contributed by atoms with Crippen LogP contribution in [0.5, 0.6) is 0 Å². The van der Waals surface area contributed by atoms with Crippen molar-refractivity contribution in [3.63, 3.8) is 0 Å². The summed E-state index contributed by atoms with van der Waals surface area (Å²) in [5.41, 5.74) is 1.82. The first-order chi connectivity index (χ1) is 15.9. The Kier molecular flexibility index (Phi) is 7.49. The molecule has 2 amide bonds. The van der Waals surface area contributed by atoms with Crippen LogP contribution in [0.3, 0.4) is 0 Å². The molecule has 1 saturated heterocycles. The van der Waals surface area contributed by atoms with Gasteiger partial charge >= 0.3 is 0 Å². The first-order valence-electron chi connectivity index (χ1n) is 9.72. The zero-order valence-electron chi connectivity index (χ0n) is 17.0. The van der Waals surface area contributed by atoms with Crippen LogP contribution in [0, 0.1) is 10.1 Å². The highest BCUT2D eigenvalue weighted by Gasteiger charge is 2.35. The fourth-order valence-electron chi connectivity index (χ4n) is 3.01. The van der Waals surface area contributed by atoms with E-state index in [0.29, 0.717) is 15.6 Å². The fraction of sp³-hybridized carbons (Fsp3) is 0.136. The summed E-state index contributed by atoms with van der Waals surface area (Å²) >= 11 is 10.1. The van der Waals surface area contributed by atoms with Gasteiger partial charge in [-0.15, -0.1) is 11.3 Å². The summed E-state index contributed by atoms with van der Waals surface area (Å²) in [6.07, 6.45) is 2.50. The largest absolute Gasteiger partial charge is 0.293 e. The van der Waals surface area contributed by atoms with E-state index in [0.717, 1.165) is 33.2 Å². The molecule has 0 bridgehead atoms. The predicted molar refractivity (Wildman–Crippen MR) is 133 cm³/mol. The van der Waals surface area contributed by atoms with Gasteiger partial charge in [0.05, 0.1) is 21.3 Å². The molecule has 0 aliphatic carbocycles. The lowest BCUT2D eigenvalue weighted by atomic mass is 10.2. The first kappa shape index (κ1) is 23.5. The Balaban J connectivity index is 1.41. The number of rotatable bonds is 8. The van der Waals surface area contributed by atoms with Gasteiger partial charge in [0, 0.05) is 17.9 Å². The van der Waals surface area contributed by atoms with Gasteiger partial charge in [-0.05, 0) is 35.4 Å². The number of benzene rings is 2. The summed E-state index contributed by atoms with van der Waals surface area (Å²) in [4.78, 5) is 41.9. The number of hydrogen-bond acceptors (Lipinski definition) is 8. The van der Waals surface area contributed by atoms with Gasteiger partial charge in [-0.1, -0.05) is 65.8 Å². The van der Waals surface area contributed by atoms with Gasteiger partial charge in [-0.2, -0.15) is 0 Å². The quantitative estimate of drug-likeness (QED) is 0.150. The molecule has 11 heteroatoms. The SMILES string of the molecule is O=C1S/C(=C\c2sc(SCCc3ccccc3)nc2Cl)C(=O)N1Cc1ccc([N+](=O)[O-])cc1. The monoisotopic (exact) mass is 517 g/mol. The molecule has 0 spiro atoms. The molecule has 2 heterocycles. The van der Waals surface area contributed by atoms with Crippen molar-refractivity contribution in [2.24, 2.45) is 0 Å². The Bertz CT molecular complexity index is 1230. The number of nitro groups is 1. The molecule has 33 heavy (non-hydrogen) atoms. The van der Waals surface area contributed by atoms with Crippen LogP contribution < -0.4 is 0 Å². The minimum Gasteiger partial charge on any atom is -0.268 e. The number of amides is 2. The Morgan fingerprint density at radius 1 is 1.09 bits per heavy atom.